The smallest absolute Gasteiger partial charge is 0.273 e. The van der Waals surface area contributed by atoms with Gasteiger partial charge in [0.25, 0.3) is 5.91 Å². The Kier molecular flexibility index (Phi) is 7.38. The van der Waals surface area contributed by atoms with Crippen LogP contribution in [0.5, 0.6) is 0 Å². The molecule has 4 aromatic rings. The van der Waals surface area contributed by atoms with Crippen molar-refractivity contribution in [1.29, 1.82) is 0 Å². The summed E-state index contributed by atoms with van der Waals surface area (Å²) in [6.07, 6.45) is 7.89. The van der Waals surface area contributed by atoms with Crippen LogP contribution in [0.1, 0.15) is 21.6 Å². The summed E-state index contributed by atoms with van der Waals surface area (Å²) in [5, 5.41) is 3.85. The molecule has 186 valence electrons. The molecule has 3 aromatic heterocycles. The van der Waals surface area contributed by atoms with Gasteiger partial charge in [-0.2, -0.15) is 0 Å². The Hall–Kier alpha value is -4.54. The Morgan fingerprint density at radius 3 is 2.67 bits per heavy atom. The molecule has 36 heavy (non-hydrogen) atoms. The standard InChI is InChI=1S/C25H29N9O2/c1-17-5-4-6-18-13-19(14-30-25(36)22-23(26)29-8-7-28-22)24(31-21(17)18)33(3)12-11-32(2)20(35)15-34-10-9-27-16-34/h4-10,13,16H,11-12,14-15H2,1-3H3,(H2,26,29)(H,30,36). The first-order chi connectivity index (χ1) is 17.3. The maximum atomic E-state index is 12.7. The first kappa shape index (κ1) is 24.6. The van der Waals surface area contributed by atoms with Crippen molar-refractivity contribution in [2.45, 2.75) is 20.0 Å². The SMILES string of the molecule is Cc1cccc2cc(CNC(=O)c3nccnc3N)c(N(C)CCN(C)C(=O)Cn3ccnc3)nc12. The van der Waals surface area contributed by atoms with E-state index in [1.54, 1.807) is 35.2 Å². The Balaban J connectivity index is 1.52. The molecule has 1 aromatic carbocycles. The molecule has 11 nitrogen and oxygen atoms in total. The fraction of sp³-hybridized carbons (Fsp3) is 0.280. The number of anilines is 2. The molecule has 3 heterocycles. The number of nitrogens with zero attached hydrogens (tertiary/aromatic N) is 7. The van der Waals surface area contributed by atoms with Crippen LogP contribution in [0.2, 0.25) is 0 Å². The van der Waals surface area contributed by atoms with Gasteiger partial charge in [-0.3, -0.25) is 9.59 Å². The van der Waals surface area contributed by atoms with Crippen LogP contribution in [0.4, 0.5) is 11.6 Å². The molecule has 0 spiro atoms. The Morgan fingerprint density at radius 2 is 1.92 bits per heavy atom. The fourth-order valence-corrected chi connectivity index (χ4v) is 3.81. The number of hydrogen-bond donors (Lipinski definition) is 2. The average Bonchev–Trinajstić information content (AvgIpc) is 3.38. The molecule has 0 atom stereocenters. The predicted octanol–water partition coefficient (Wildman–Crippen LogP) is 1.64. The van der Waals surface area contributed by atoms with Crippen LogP contribution >= 0.6 is 0 Å². The molecule has 0 saturated heterocycles. The number of para-hydroxylation sites is 1. The van der Waals surface area contributed by atoms with Crippen molar-refractivity contribution >= 4 is 34.4 Å². The highest BCUT2D eigenvalue weighted by atomic mass is 16.2. The number of nitrogen functional groups attached to an aromatic ring is 1. The number of carbonyl (C=O) groups excluding carboxylic acids is 2. The highest BCUT2D eigenvalue weighted by Gasteiger charge is 2.17. The molecule has 0 fully saturated rings. The van der Waals surface area contributed by atoms with Gasteiger partial charge in [-0.15, -0.1) is 0 Å². The largest absolute Gasteiger partial charge is 0.382 e. The Morgan fingerprint density at radius 1 is 1.11 bits per heavy atom. The summed E-state index contributed by atoms with van der Waals surface area (Å²) in [7, 11) is 3.70. The molecule has 2 amide bonds. The number of aryl methyl sites for hydroxylation is 1. The van der Waals surface area contributed by atoms with Crippen molar-refractivity contribution in [3.05, 3.63) is 72.2 Å². The van der Waals surface area contributed by atoms with Crippen LogP contribution in [0.25, 0.3) is 10.9 Å². The highest BCUT2D eigenvalue weighted by Crippen LogP contribution is 2.25. The zero-order valence-electron chi connectivity index (χ0n) is 20.5. The normalized spacial score (nSPS) is 10.9. The van der Waals surface area contributed by atoms with Crippen molar-refractivity contribution in [2.75, 3.05) is 37.8 Å². The predicted molar refractivity (Wildman–Crippen MR) is 137 cm³/mol. The van der Waals surface area contributed by atoms with Gasteiger partial charge < -0.3 is 25.4 Å². The quantitative estimate of drug-likeness (QED) is 0.364. The lowest BCUT2D eigenvalue weighted by Crippen LogP contribution is -2.37. The molecule has 3 N–H and O–H groups in total. The molecule has 0 bridgehead atoms. The van der Waals surface area contributed by atoms with E-state index in [0.29, 0.717) is 13.1 Å². The van der Waals surface area contributed by atoms with Gasteiger partial charge in [0.15, 0.2) is 11.5 Å². The van der Waals surface area contributed by atoms with Crippen LogP contribution in [0.15, 0.2) is 55.4 Å². The summed E-state index contributed by atoms with van der Waals surface area (Å²) in [4.78, 5) is 45.8. The number of carbonyl (C=O) groups is 2. The van der Waals surface area contributed by atoms with E-state index in [9.17, 15) is 9.59 Å². The molecule has 0 aliphatic carbocycles. The summed E-state index contributed by atoms with van der Waals surface area (Å²) in [6.45, 7) is 3.52. The van der Waals surface area contributed by atoms with Crippen molar-refractivity contribution < 1.29 is 9.59 Å². The summed E-state index contributed by atoms with van der Waals surface area (Å²) in [5.74, 6) is 0.365. The monoisotopic (exact) mass is 487 g/mol. The molecule has 0 unspecified atom stereocenters. The lowest BCUT2D eigenvalue weighted by Gasteiger charge is -2.25. The van der Waals surface area contributed by atoms with E-state index >= 15 is 0 Å². The van der Waals surface area contributed by atoms with Gasteiger partial charge in [-0.1, -0.05) is 18.2 Å². The van der Waals surface area contributed by atoms with E-state index in [-0.39, 0.29) is 30.5 Å². The average molecular weight is 488 g/mol. The van der Waals surface area contributed by atoms with E-state index < -0.39 is 5.91 Å². The van der Waals surface area contributed by atoms with Crippen molar-refractivity contribution in [3.63, 3.8) is 0 Å². The summed E-state index contributed by atoms with van der Waals surface area (Å²) in [6, 6.07) is 8.01. The molecule has 11 heteroatoms. The highest BCUT2D eigenvalue weighted by molar-refractivity contribution is 5.96. The second-order valence-electron chi connectivity index (χ2n) is 8.56. The number of imidazole rings is 1. The number of fused-ring (bicyclic) bond motifs is 1. The van der Waals surface area contributed by atoms with Crippen molar-refractivity contribution in [1.82, 2.24) is 34.7 Å². The number of likely N-dealkylation sites (N-methyl/N-ethyl adjacent to an activating group) is 2. The van der Waals surface area contributed by atoms with E-state index in [1.807, 2.05) is 43.1 Å². The molecule has 0 aliphatic rings. The van der Waals surface area contributed by atoms with Gasteiger partial charge in [-0.25, -0.2) is 19.9 Å². The van der Waals surface area contributed by atoms with Crippen LogP contribution in [0, 0.1) is 6.92 Å². The third-order valence-corrected chi connectivity index (χ3v) is 5.92. The minimum atomic E-state index is -0.414. The van der Waals surface area contributed by atoms with Gasteiger partial charge in [0.2, 0.25) is 5.91 Å². The van der Waals surface area contributed by atoms with Gasteiger partial charge in [0.1, 0.15) is 12.4 Å². The maximum Gasteiger partial charge on any atom is 0.273 e. The zero-order chi connectivity index (χ0) is 25.7. The number of nitrogens with two attached hydrogens (primary N) is 1. The number of nitrogens with one attached hydrogen (secondary N) is 1. The second kappa shape index (κ2) is 10.8. The first-order valence-electron chi connectivity index (χ1n) is 11.5. The molecular weight excluding hydrogens is 458 g/mol. The third kappa shape index (κ3) is 5.57. The van der Waals surface area contributed by atoms with E-state index in [0.717, 1.165) is 27.8 Å². The van der Waals surface area contributed by atoms with Crippen molar-refractivity contribution in [3.8, 4) is 0 Å². The van der Waals surface area contributed by atoms with Gasteiger partial charge in [-0.05, 0) is 18.6 Å². The zero-order valence-corrected chi connectivity index (χ0v) is 20.5. The number of rotatable bonds is 9. The Labute approximate surface area is 209 Å². The number of amides is 2. The van der Waals surface area contributed by atoms with Crippen LogP contribution < -0.4 is 16.0 Å². The Bertz CT molecular complexity index is 1370. The van der Waals surface area contributed by atoms with Crippen LogP contribution in [-0.4, -0.2) is 68.4 Å². The number of aromatic nitrogens is 5. The number of pyridine rings is 1. The number of benzene rings is 1. The lowest BCUT2D eigenvalue weighted by atomic mass is 10.1. The van der Waals surface area contributed by atoms with E-state index in [1.165, 1.54) is 12.4 Å². The number of hydrogen-bond acceptors (Lipinski definition) is 8. The van der Waals surface area contributed by atoms with Gasteiger partial charge >= 0.3 is 0 Å². The van der Waals surface area contributed by atoms with E-state index in [4.69, 9.17) is 10.7 Å². The van der Waals surface area contributed by atoms with Gasteiger partial charge in [0, 0.05) is 69.5 Å². The lowest BCUT2D eigenvalue weighted by molar-refractivity contribution is -0.130. The molecular formula is C25H29N9O2. The van der Waals surface area contributed by atoms with E-state index in [2.05, 4.69) is 20.3 Å². The topological polar surface area (TPSA) is 135 Å². The minimum Gasteiger partial charge on any atom is -0.382 e. The van der Waals surface area contributed by atoms with Crippen LogP contribution in [-0.2, 0) is 17.9 Å². The second-order valence-corrected chi connectivity index (χ2v) is 8.56. The molecule has 0 saturated carbocycles. The minimum absolute atomic E-state index is 0.0160. The summed E-state index contributed by atoms with van der Waals surface area (Å²) < 4.78 is 1.74. The van der Waals surface area contributed by atoms with Crippen LogP contribution in [0.3, 0.4) is 0 Å². The first-order valence-corrected chi connectivity index (χ1v) is 11.5. The van der Waals surface area contributed by atoms with Crippen molar-refractivity contribution in [2.24, 2.45) is 0 Å². The summed E-state index contributed by atoms with van der Waals surface area (Å²) >= 11 is 0. The maximum absolute atomic E-state index is 12.7. The summed E-state index contributed by atoms with van der Waals surface area (Å²) in [5.41, 5.74) is 8.65. The molecule has 4 rings (SSSR count). The third-order valence-electron chi connectivity index (χ3n) is 5.92. The fourth-order valence-electron chi connectivity index (χ4n) is 3.81. The van der Waals surface area contributed by atoms with Gasteiger partial charge in [0.05, 0.1) is 11.8 Å². The molecule has 0 radical (unpaired) electrons. The molecule has 0 aliphatic heterocycles.